The fraction of sp³-hybridized carbons (Fsp3) is 0.174. The summed E-state index contributed by atoms with van der Waals surface area (Å²) in [5, 5.41) is 3.40. The Morgan fingerprint density at radius 3 is 2.28 bits per heavy atom. The molecule has 0 radical (unpaired) electrons. The van der Waals surface area contributed by atoms with Crippen molar-refractivity contribution in [3.8, 4) is 5.75 Å². The van der Waals surface area contributed by atoms with Crippen LogP contribution in [0.1, 0.15) is 15.9 Å². The summed E-state index contributed by atoms with van der Waals surface area (Å²) < 4.78 is 31.4. The zero-order valence-electron chi connectivity index (χ0n) is 17.3. The Morgan fingerprint density at radius 2 is 1.66 bits per heavy atom. The van der Waals surface area contributed by atoms with Crippen molar-refractivity contribution in [2.75, 3.05) is 23.7 Å². The van der Waals surface area contributed by atoms with E-state index in [2.05, 4.69) is 5.32 Å². The number of rotatable bonds is 9. The first-order valence-electron chi connectivity index (χ1n) is 9.72. The third-order valence-electron chi connectivity index (χ3n) is 4.53. The standard InChI is InChI=1S/C23H22Cl2N2O4S/c1-32(29,30)27(19-11-12-21(24)22(25)15-19)16-17-7-9-18(10-8-17)23(28)26-13-14-31-20-5-3-2-4-6-20/h2-12,15H,13-14,16H2,1H3,(H,26,28). The number of carbonyl (C=O) groups is 1. The molecular weight excluding hydrogens is 471 g/mol. The van der Waals surface area contributed by atoms with Crippen molar-refractivity contribution in [1.82, 2.24) is 5.32 Å². The lowest BCUT2D eigenvalue weighted by Gasteiger charge is -2.23. The molecule has 0 spiro atoms. The summed E-state index contributed by atoms with van der Waals surface area (Å²) in [5.74, 6) is 0.501. The van der Waals surface area contributed by atoms with Crippen LogP contribution in [0.25, 0.3) is 0 Å². The van der Waals surface area contributed by atoms with Gasteiger partial charge in [-0.1, -0.05) is 53.5 Å². The molecule has 168 valence electrons. The van der Waals surface area contributed by atoms with Gasteiger partial charge in [0.15, 0.2) is 0 Å². The largest absolute Gasteiger partial charge is 0.492 e. The van der Waals surface area contributed by atoms with Crippen LogP contribution in [-0.2, 0) is 16.6 Å². The third kappa shape index (κ3) is 6.63. The average Bonchev–Trinajstić information content (AvgIpc) is 2.77. The molecule has 6 nitrogen and oxygen atoms in total. The number of nitrogens with one attached hydrogen (secondary N) is 1. The lowest BCUT2D eigenvalue weighted by Crippen LogP contribution is -2.29. The SMILES string of the molecule is CS(=O)(=O)N(Cc1ccc(C(=O)NCCOc2ccccc2)cc1)c1ccc(Cl)c(Cl)c1. The lowest BCUT2D eigenvalue weighted by molar-refractivity contribution is 0.0947. The van der Waals surface area contributed by atoms with Crippen molar-refractivity contribution in [2.24, 2.45) is 0 Å². The van der Waals surface area contributed by atoms with Crippen LogP contribution in [0.5, 0.6) is 5.75 Å². The summed E-state index contributed by atoms with van der Waals surface area (Å²) in [6.45, 7) is 0.791. The maximum atomic E-state index is 12.3. The van der Waals surface area contributed by atoms with E-state index in [4.69, 9.17) is 27.9 Å². The second kappa shape index (κ2) is 10.7. The molecule has 0 fully saturated rings. The smallest absolute Gasteiger partial charge is 0.251 e. The van der Waals surface area contributed by atoms with E-state index in [9.17, 15) is 13.2 Å². The minimum absolute atomic E-state index is 0.0869. The number of halogens is 2. The number of anilines is 1. The Bertz CT molecular complexity index is 1170. The molecule has 3 aromatic rings. The summed E-state index contributed by atoms with van der Waals surface area (Å²) in [5.41, 5.74) is 1.58. The summed E-state index contributed by atoms with van der Waals surface area (Å²) >= 11 is 12.0. The minimum atomic E-state index is -3.57. The average molecular weight is 493 g/mol. The molecule has 3 rings (SSSR count). The number of para-hydroxylation sites is 1. The summed E-state index contributed by atoms with van der Waals surface area (Å²) in [6, 6.07) is 20.7. The molecule has 32 heavy (non-hydrogen) atoms. The topological polar surface area (TPSA) is 75.7 Å². The predicted octanol–water partition coefficient (Wildman–Crippen LogP) is 4.77. The number of ether oxygens (including phenoxy) is 1. The fourth-order valence-corrected chi connectivity index (χ4v) is 4.09. The molecule has 0 saturated heterocycles. The van der Waals surface area contributed by atoms with Crippen molar-refractivity contribution in [1.29, 1.82) is 0 Å². The van der Waals surface area contributed by atoms with Gasteiger partial charge in [-0.2, -0.15) is 0 Å². The Hall–Kier alpha value is -2.74. The van der Waals surface area contributed by atoms with Crippen LogP contribution in [0.3, 0.4) is 0 Å². The van der Waals surface area contributed by atoms with E-state index >= 15 is 0 Å². The zero-order chi connectivity index (χ0) is 23.1. The van der Waals surface area contributed by atoms with Crippen molar-refractivity contribution in [3.05, 3.63) is 94.0 Å². The number of benzene rings is 3. The summed E-state index contributed by atoms with van der Waals surface area (Å²) in [7, 11) is -3.57. The van der Waals surface area contributed by atoms with Crippen LogP contribution in [0.2, 0.25) is 10.0 Å². The molecule has 0 atom stereocenters. The Labute approximate surface area is 197 Å². The van der Waals surface area contributed by atoms with Gasteiger partial charge >= 0.3 is 0 Å². The molecule has 0 saturated carbocycles. The fourth-order valence-electron chi connectivity index (χ4n) is 2.92. The molecule has 0 aliphatic heterocycles. The van der Waals surface area contributed by atoms with Crippen LogP contribution < -0.4 is 14.4 Å². The van der Waals surface area contributed by atoms with E-state index in [-0.39, 0.29) is 17.5 Å². The first-order valence-corrected chi connectivity index (χ1v) is 12.3. The van der Waals surface area contributed by atoms with E-state index in [1.807, 2.05) is 30.3 Å². The van der Waals surface area contributed by atoms with Gasteiger partial charge in [-0.3, -0.25) is 9.10 Å². The molecule has 0 heterocycles. The molecule has 0 aromatic heterocycles. The number of amides is 1. The van der Waals surface area contributed by atoms with Crippen molar-refractivity contribution >= 4 is 44.8 Å². The van der Waals surface area contributed by atoms with E-state index < -0.39 is 10.0 Å². The molecule has 0 unspecified atom stereocenters. The van der Waals surface area contributed by atoms with E-state index in [1.54, 1.807) is 36.4 Å². The first kappa shape index (κ1) is 23.9. The molecule has 0 aliphatic rings. The van der Waals surface area contributed by atoms with Gasteiger partial charge in [-0.05, 0) is 48.0 Å². The molecule has 9 heteroatoms. The Morgan fingerprint density at radius 1 is 0.969 bits per heavy atom. The number of hydrogen-bond acceptors (Lipinski definition) is 4. The van der Waals surface area contributed by atoms with Gasteiger partial charge in [0.2, 0.25) is 10.0 Å². The predicted molar refractivity (Wildman–Crippen MR) is 128 cm³/mol. The quantitative estimate of drug-likeness (QED) is 0.436. The van der Waals surface area contributed by atoms with Gasteiger partial charge < -0.3 is 10.1 Å². The third-order valence-corrected chi connectivity index (χ3v) is 6.41. The zero-order valence-corrected chi connectivity index (χ0v) is 19.6. The molecule has 3 aromatic carbocycles. The van der Waals surface area contributed by atoms with Gasteiger partial charge in [-0.15, -0.1) is 0 Å². The molecule has 0 bridgehead atoms. The van der Waals surface area contributed by atoms with E-state index in [0.717, 1.165) is 12.0 Å². The highest BCUT2D eigenvalue weighted by Gasteiger charge is 2.19. The van der Waals surface area contributed by atoms with Gasteiger partial charge in [0.05, 0.1) is 35.1 Å². The van der Waals surface area contributed by atoms with Gasteiger partial charge in [-0.25, -0.2) is 8.42 Å². The van der Waals surface area contributed by atoms with Crippen molar-refractivity contribution in [3.63, 3.8) is 0 Å². The van der Waals surface area contributed by atoms with Gasteiger partial charge in [0, 0.05) is 5.56 Å². The first-order chi connectivity index (χ1) is 15.2. The van der Waals surface area contributed by atoms with E-state index in [0.29, 0.717) is 35.0 Å². The molecule has 1 N–H and O–H groups in total. The second-order valence-electron chi connectivity index (χ2n) is 6.98. The van der Waals surface area contributed by atoms with Gasteiger partial charge in [0.25, 0.3) is 5.91 Å². The monoisotopic (exact) mass is 492 g/mol. The maximum absolute atomic E-state index is 12.3. The Balaban J connectivity index is 1.60. The second-order valence-corrected chi connectivity index (χ2v) is 9.70. The maximum Gasteiger partial charge on any atom is 0.251 e. The van der Waals surface area contributed by atoms with Crippen molar-refractivity contribution < 1.29 is 17.9 Å². The van der Waals surface area contributed by atoms with Crippen molar-refractivity contribution in [2.45, 2.75) is 6.54 Å². The molecule has 0 aliphatic carbocycles. The summed E-state index contributed by atoms with van der Waals surface area (Å²) in [4.78, 5) is 12.3. The highest BCUT2D eigenvalue weighted by Crippen LogP contribution is 2.29. The normalized spacial score (nSPS) is 11.1. The Kier molecular flexibility index (Phi) is 8.01. The highest BCUT2D eigenvalue weighted by atomic mass is 35.5. The molecular formula is C23H22Cl2N2O4S. The van der Waals surface area contributed by atoms with Crippen LogP contribution in [0, 0.1) is 0 Å². The van der Waals surface area contributed by atoms with Crippen LogP contribution >= 0.6 is 23.2 Å². The number of carbonyl (C=O) groups excluding carboxylic acids is 1. The highest BCUT2D eigenvalue weighted by molar-refractivity contribution is 7.92. The summed E-state index contributed by atoms with van der Waals surface area (Å²) in [6.07, 6.45) is 1.12. The number of sulfonamides is 1. The molecule has 1 amide bonds. The number of hydrogen-bond donors (Lipinski definition) is 1. The van der Waals surface area contributed by atoms with Gasteiger partial charge in [0.1, 0.15) is 12.4 Å². The van der Waals surface area contributed by atoms with Crippen LogP contribution in [0.4, 0.5) is 5.69 Å². The number of nitrogens with zero attached hydrogens (tertiary/aromatic N) is 1. The van der Waals surface area contributed by atoms with Crippen LogP contribution in [0.15, 0.2) is 72.8 Å². The van der Waals surface area contributed by atoms with Crippen LogP contribution in [-0.4, -0.2) is 33.7 Å². The minimum Gasteiger partial charge on any atom is -0.492 e. The lowest BCUT2D eigenvalue weighted by atomic mass is 10.1. The van der Waals surface area contributed by atoms with E-state index in [1.165, 1.54) is 10.4 Å².